The van der Waals surface area contributed by atoms with Crippen LogP contribution in [0.4, 0.5) is 0 Å². The van der Waals surface area contributed by atoms with Gasteiger partial charge in [0.2, 0.25) is 0 Å². The molecule has 1 N–H and O–H groups in total. The molecular weight excluding hydrogens is 162 g/mol. The van der Waals surface area contributed by atoms with Crippen molar-refractivity contribution < 1.29 is 0 Å². The summed E-state index contributed by atoms with van der Waals surface area (Å²) in [6.07, 6.45) is 4.48. The minimum absolute atomic E-state index is 0.939. The molecule has 0 saturated heterocycles. The predicted octanol–water partition coefficient (Wildman–Crippen LogP) is 2.55. The molecule has 2 heterocycles. The molecule has 0 aromatic carbocycles. The summed E-state index contributed by atoms with van der Waals surface area (Å²) >= 11 is 0. The Balaban J connectivity index is 0.000000396. The minimum atomic E-state index is 0.939. The topological polar surface area (TPSA) is 41.6 Å². The van der Waals surface area contributed by atoms with Crippen molar-refractivity contribution >= 4 is 11.0 Å². The third-order valence-electron chi connectivity index (χ3n) is 1.67. The molecule has 3 heteroatoms. The van der Waals surface area contributed by atoms with Crippen LogP contribution in [0.2, 0.25) is 0 Å². The van der Waals surface area contributed by atoms with Gasteiger partial charge in [-0.15, -0.1) is 0 Å². The number of aromatic amines is 1. The van der Waals surface area contributed by atoms with Gasteiger partial charge in [0.25, 0.3) is 0 Å². The molecule has 0 unspecified atom stereocenters. The fourth-order valence-electron chi connectivity index (χ4n) is 1.08. The maximum absolute atomic E-state index is 4.34. The van der Waals surface area contributed by atoms with E-state index in [1.165, 1.54) is 0 Å². The normalized spacial score (nSPS) is 9.46. The molecule has 0 atom stereocenters. The number of hydrogen-bond donors (Lipinski definition) is 1. The molecule has 0 saturated carbocycles. The Bertz CT molecular complexity index is 332. The number of pyridine rings is 1. The molecule has 2 aromatic rings. The van der Waals surface area contributed by atoms with Crippen molar-refractivity contribution in [3.05, 3.63) is 24.3 Å². The van der Waals surface area contributed by atoms with Gasteiger partial charge in [-0.2, -0.15) is 0 Å². The molecule has 0 bridgehead atoms. The summed E-state index contributed by atoms with van der Waals surface area (Å²) in [5.41, 5.74) is 2.02. The zero-order valence-electron chi connectivity index (χ0n) is 8.33. The molecule has 0 aliphatic rings. The molecule has 0 aliphatic carbocycles. The predicted molar refractivity (Wildman–Crippen MR) is 54.6 cm³/mol. The first-order chi connectivity index (χ1) is 6.40. The second-order valence-electron chi connectivity index (χ2n) is 2.43. The second-order valence-corrected chi connectivity index (χ2v) is 2.43. The van der Waals surface area contributed by atoms with Gasteiger partial charge in [0.1, 0.15) is 5.82 Å². The smallest absolute Gasteiger partial charge is 0.106 e. The summed E-state index contributed by atoms with van der Waals surface area (Å²) in [6, 6.07) is 1.91. The third kappa shape index (κ3) is 2.05. The van der Waals surface area contributed by atoms with Crippen LogP contribution < -0.4 is 0 Å². The maximum Gasteiger partial charge on any atom is 0.106 e. The van der Waals surface area contributed by atoms with Gasteiger partial charge in [-0.3, -0.25) is 4.98 Å². The van der Waals surface area contributed by atoms with Crippen molar-refractivity contribution in [1.82, 2.24) is 15.0 Å². The van der Waals surface area contributed by atoms with E-state index in [0.29, 0.717) is 0 Å². The zero-order valence-corrected chi connectivity index (χ0v) is 8.33. The molecule has 13 heavy (non-hydrogen) atoms. The number of fused-ring (bicyclic) bond motifs is 1. The van der Waals surface area contributed by atoms with Gasteiger partial charge in [0.15, 0.2) is 0 Å². The molecule has 70 valence electrons. The van der Waals surface area contributed by atoms with E-state index in [0.717, 1.165) is 23.3 Å². The zero-order chi connectivity index (χ0) is 9.68. The Hall–Kier alpha value is -1.38. The highest BCUT2D eigenvalue weighted by Crippen LogP contribution is 2.08. The fourth-order valence-corrected chi connectivity index (χ4v) is 1.08. The van der Waals surface area contributed by atoms with Crippen LogP contribution in [0.15, 0.2) is 18.5 Å². The van der Waals surface area contributed by atoms with Crippen molar-refractivity contribution in [3.8, 4) is 0 Å². The lowest BCUT2D eigenvalue weighted by atomic mass is 10.4. The van der Waals surface area contributed by atoms with Crippen LogP contribution in [0.1, 0.15) is 26.6 Å². The van der Waals surface area contributed by atoms with E-state index in [-0.39, 0.29) is 0 Å². The van der Waals surface area contributed by atoms with Crippen LogP contribution >= 0.6 is 0 Å². The number of aromatic nitrogens is 3. The molecule has 0 radical (unpaired) electrons. The summed E-state index contributed by atoms with van der Waals surface area (Å²) in [4.78, 5) is 11.5. The Morgan fingerprint density at radius 1 is 1.38 bits per heavy atom. The van der Waals surface area contributed by atoms with Crippen molar-refractivity contribution in [3.63, 3.8) is 0 Å². The Kier molecular flexibility index (Phi) is 3.43. The van der Waals surface area contributed by atoms with Crippen LogP contribution in [0, 0.1) is 0 Å². The number of nitrogens with one attached hydrogen (secondary N) is 1. The lowest BCUT2D eigenvalue weighted by molar-refractivity contribution is 1.00. The van der Waals surface area contributed by atoms with E-state index in [1.807, 2.05) is 19.9 Å². The minimum Gasteiger partial charge on any atom is -0.341 e. The van der Waals surface area contributed by atoms with E-state index in [9.17, 15) is 0 Å². The van der Waals surface area contributed by atoms with Gasteiger partial charge < -0.3 is 4.98 Å². The van der Waals surface area contributed by atoms with Crippen molar-refractivity contribution in [1.29, 1.82) is 0 Å². The second kappa shape index (κ2) is 4.60. The Labute approximate surface area is 78.2 Å². The number of rotatable bonds is 1. The van der Waals surface area contributed by atoms with Gasteiger partial charge in [0, 0.05) is 12.6 Å². The standard InChI is InChI=1S/C8H9N3.C2H6/c1-2-8-10-6-3-4-9-5-7(6)11-8;1-2/h3-5H,2H2,1H3,(H,10,11);1-2H3. The van der Waals surface area contributed by atoms with E-state index in [2.05, 4.69) is 21.9 Å². The molecule has 2 rings (SSSR count). The van der Waals surface area contributed by atoms with Gasteiger partial charge in [-0.1, -0.05) is 20.8 Å². The molecule has 0 fully saturated rings. The number of nitrogens with zero attached hydrogens (tertiary/aromatic N) is 2. The largest absolute Gasteiger partial charge is 0.341 e. The molecular formula is C10H15N3. The monoisotopic (exact) mass is 177 g/mol. The summed E-state index contributed by atoms with van der Waals surface area (Å²) in [7, 11) is 0. The van der Waals surface area contributed by atoms with Crippen LogP contribution in [-0.2, 0) is 6.42 Å². The lowest BCUT2D eigenvalue weighted by Crippen LogP contribution is -1.79. The van der Waals surface area contributed by atoms with Crippen molar-refractivity contribution in [2.45, 2.75) is 27.2 Å². The molecule has 0 aliphatic heterocycles. The quantitative estimate of drug-likeness (QED) is 0.727. The average molecular weight is 177 g/mol. The number of hydrogen-bond acceptors (Lipinski definition) is 2. The SMILES string of the molecule is CC.CCc1nc2ccncc2[nH]1. The van der Waals surface area contributed by atoms with Crippen LogP contribution in [0.5, 0.6) is 0 Å². The van der Waals surface area contributed by atoms with E-state index < -0.39 is 0 Å². The third-order valence-corrected chi connectivity index (χ3v) is 1.67. The first-order valence-electron chi connectivity index (χ1n) is 4.68. The highest BCUT2D eigenvalue weighted by molar-refractivity contribution is 5.73. The number of imidazole rings is 1. The fraction of sp³-hybridized carbons (Fsp3) is 0.400. The van der Waals surface area contributed by atoms with Crippen molar-refractivity contribution in [2.24, 2.45) is 0 Å². The lowest BCUT2D eigenvalue weighted by Gasteiger charge is -1.81. The van der Waals surface area contributed by atoms with E-state index in [4.69, 9.17) is 0 Å². The number of aryl methyl sites for hydroxylation is 1. The number of H-pyrrole nitrogens is 1. The summed E-state index contributed by atoms with van der Waals surface area (Å²) in [6.45, 7) is 6.07. The van der Waals surface area contributed by atoms with Crippen molar-refractivity contribution in [2.75, 3.05) is 0 Å². The summed E-state index contributed by atoms with van der Waals surface area (Å²) in [5.74, 6) is 1.02. The average Bonchev–Trinajstić information content (AvgIpc) is 2.63. The molecule has 0 amide bonds. The van der Waals surface area contributed by atoms with Crippen LogP contribution in [0.3, 0.4) is 0 Å². The maximum atomic E-state index is 4.34. The summed E-state index contributed by atoms with van der Waals surface area (Å²) in [5, 5.41) is 0. The van der Waals surface area contributed by atoms with Gasteiger partial charge in [0.05, 0.1) is 17.2 Å². The molecule has 3 nitrogen and oxygen atoms in total. The highest BCUT2D eigenvalue weighted by Gasteiger charge is 1.97. The first kappa shape index (κ1) is 9.71. The Morgan fingerprint density at radius 2 is 2.15 bits per heavy atom. The van der Waals surface area contributed by atoms with E-state index in [1.54, 1.807) is 12.4 Å². The molecule has 2 aromatic heterocycles. The Morgan fingerprint density at radius 3 is 2.77 bits per heavy atom. The van der Waals surface area contributed by atoms with Gasteiger partial charge in [-0.05, 0) is 6.07 Å². The first-order valence-corrected chi connectivity index (χ1v) is 4.68. The van der Waals surface area contributed by atoms with Gasteiger partial charge >= 0.3 is 0 Å². The van der Waals surface area contributed by atoms with Gasteiger partial charge in [-0.25, -0.2) is 4.98 Å². The molecule has 0 spiro atoms. The van der Waals surface area contributed by atoms with E-state index >= 15 is 0 Å². The van der Waals surface area contributed by atoms with Crippen LogP contribution in [0.25, 0.3) is 11.0 Å². The highest BCUT2D eigenvalue weighted by atomic mass is 14.9. The summed E-state index contributed by atoms with van der Waals surface area (Å²) < 4.78 is 0. The van der Waals surface area contributed by atoms with Crippen LogP contribution in [-0.4, -0.2) is 15.0 Å².